The molecule has 1 aromatic carbocycles. The molecule has 3 aliphatic carbocycles. The van der Waals surface area contributed by atoms with Crippen molar-refractivity contribution < 1.29 is 14.6 Å². The second kappa shape index (κ2) is 4.63. The number of para-hydroxylation sites is 1. The molecule has 2 N–H and O–H groups in total. The summed E-state index contributed by atoms with van der Waals surface area (Å²) >= 11 is 0. The van der Waals surface area contributed by atoms with Crippen molar-refractivity contribution in [3.8, 4) is 0 Å². The number of benzene rings is 1. The van der Waals surface area contributed by atoms with Gasteiger partial charge in [0.05, 0.1) is 24.7 Å². The number of methoxy groups -OCH3 is 1. The van der Waals surface area contributed by atoms with E-state index in [9.17, 15) is 9.90 Å². The van der Waals surface area contributed by atoms with Gasteiger partial charge in [0.2, 0.25) is 0 Å². The van der Waals surface area contributed by atoms with Crippen molar-refractivity contribution in [3.05, 3.63) is 29.8 Å². The zero-order valence-electron chi connectivity index (χ0n) is 15.2. The molecule has 5 nitrogen and oxygen atoms in total. The molecular formula is C21H26N2O3. The molecule has 5 heteroatoms. The van der Waals surface area contributed by atoms with Gasteiger partial charge in [0, 0.05) is 29.1 Å². The Hall–Kier alpha value is -1.59. The molecule has 2 bridgehead atoms. The third kappa shape index (κ3) is 1.38. The van der Waals surface area contributed by atoms with Gasteiger partial charge in [0.25, 0.3) is 0 Å². The first-order valence-electron chi connectivity index (χ1n) is 9.97. The van der Waals surface area contributed by atoms with Crippen LogP contribution in [0.15, 0.2) is 24.3 Å². The van der Waals surface area contributed by atoms with Gasteiger partial charge in [0.15, 0.2) is 0 Å². The van der Waals surface area contributed by atoms with Crippen LogP contribution in [-0.4, -0.2) is 53.9 Å². The summed E-state index contributed by atoms with van der Waals surface area (Å²) in [7, 11) is 1.50. The van der Waals surface area contributed by atoms with Crippen molar-refractivity contribution >= 4 is 11.7 Å². The van der Waals surface area contributed by atoms with Gasteiger partial charge < -0.3 is 15.2 Å². The molecule has 0 aromatic heterocycles. The average molecular weight is 354 g/mol. The van der Waals surface area contributed by atoms with Crippen molar-refractivity contribution in [1.29, 1.82) is 0 Å². The second-order valence-electron chi connectivity index (χ2n) is 9.12. The second-order valence-corrected chi connectivity index (χ2v) is 9.12. The monoisotopic (exact) mass is 354 g/mol. The predicted octanol–water partition coefficient (Wildman–Crippen LogP) is 1.90. The maximum atomic E-state index is 12.9. The van der Waals surface area contributed by atoms with Gasteiger partial charge in [-0.25, -0.2) is 0 Å². The molecule has 7 rings (SSSR count). The molecule has 3 heterocycles. The number of aliphatic hydroxyl groups is 1. The first-order chi connectivity index (χ1) is 12.6. The van der Waals surface area contributed by atoms with Crippen LogP contribution in [0.4, 0.5) is 5.69 Å². The van der Waals surface area contributed by atoms with Crippen LogP contribution in [0.25, 0.3) is 0 Å². The van der Waals surface area contributed by atoms with E-state index in [1.54, 1.807) is 0 Å². The van der Waals surface area contributed by atoms with Crippen molar-refractivity contribution in [2.24, 2.45) is 11.3 Å². The van der Waals surface area contributed by atoms with Crippen molar-refractivity contribution in [3.63, 3.8) is 0 Å². The minimum absolute atomic E-state index is 0.0969. The molecule has 26 heavy (non-hydrogen) atoms. The van der Waals surface area contributed by atoms with Gasteiger partial charge in [-0.1, -0.05) is 18.2 Å². The third-order valence-electron chi connectivity index (χ3n) is 8.73. The molecule has 3 saturated carbocycles. The fraction of sp³-hybridized carbons (Fsp3) is 0.667. The van der Waals surface area contributed by atoms with Crippen LogP contribution in [0.1, 0.15) is 37.7 Å². The number of carbonyl (C=O) groups is 1. The Morgan fingerprint density at radius 1 is 1.27 bits per heavy atom. The Morgan fingerprint density at radius 2 is 2.12 bits per heavy atom. The third-order valence-corrected chi connectivity index (χ3v) is 8.73. The lowest BCUT2D eigenvalue weighted by atomic mass is 9.38. The van der Waals surface area contributed by atoms with E-state index in [1.165, 1.54) is 18.4 Å². The number of ether oxygens (including phenoxy) is 1. The number of nitrogens with one attached hydrogen (secondary N) is 1. The summed E-state index contributed by atoms with van der Waals surface area (Å²) in [4.78, 5) is 15.6. The number of piperidine rings is 1. The quantitative estimate of drug-likeness (QED) is 0.755. The standard InChI is InChI=1S/C21H26N2O3/c1-26-17(25)14-12-19-7-8-21(14)20(13-4-2-3-5-15(13)22-21)9-11-23(18(19)20)10-6-16(19)24/h2-5,14,16,18,22,24H,6-12H2,1H3/t14-,16-,18+,19+,20-,21+/m0/s1. The molecule has 0 amide bonds. The van der Waals surface area contributed by atoms with E-state index >= 15 is 0 Å². The lowest BCUT2D eigenvalue weighted by Gasteiger charge is -2.69. The van der Waals surface area contributed by atoms with Crippen LogP contribution in [-0.2, 0) is 14.9 Å². The van der Waals surface area contributed by atoms with E-state index in [0.717, 1.165) is 45.2 Å². The molecule has 5 fully saturated rings. The summed E-state index contributed by atoms with van der Waals surface area (Å²) in [5.41, 5.74) is 1.98. The predicted molar refractivity (Wildman–Crippen MR) is 96.9 cm³/mol. The highest BCUT2D eigenvalue weighted by atomic mass is 16.5. The molecule has 3 spiro atoms. The minimum atomic E-state index is -0.322. The summed E-state index contributed by atoms with van der Waals surface area (Å²) < 4.78 is 5.28. The van der Waals surface area contributed by atoms with Gasteiger partial charge in [-0.3, -0.25) is 9.69 Å². The number of aliphatic hydroxyl groups excluding tert-OH is 1. The van der Waals surface area contributed by atoms with E-state index in [0.29, 0.717) is 6.04 Å². The highest BCUT2D eigenvalue weighted by Gasteiger charge is 2.80. The molecule has 1 aromatic rings. The fourth-order valence-corrected chi connectivity index (χ4v) is 7.99. The molecule has 138 valence electrons. The number of anilines is 1. The van der Waals surface area contributed by atoms with Crippen LogP contribution in [0.2, 0.25) is 0 Å². The normalized spacial score (nSPS) is 47.7. The number of hydrogen-bond donors (Lipinski definition) is 2. The molecule has 2 saturated heterocycles. The Bertz CT molecular complexity index is 812. The smallest absolute Gasteiger partial charge is 0.311 e. The summed E-state index contributed by atoms with van der Waals surface area (Å²) in [5, 5.41) is 15.0. The fourth-order valence-electron chi connectivity index (χ4n) is 7.99. The summed E-state index contributed by atoms with van der Waals surface area (Å²) in [6.45, 7) is 2.03. The minimum Gasteiger partial charge on any atom is -0.469 e. The number of carbonyl (C=O) groups excluding carboxylic acids is 1. The largest absolute Gasteiger partial charge is 0.469 e. The van der Waals surface area contributed by atoms with Crippen LogP contribution in [0.5, 0.6) is 0 Å². The number of hydrogen-bond acceptors (Lipinski definition) is 5. The first kappa shape index (κ1) is 15.5. The van der Waals surface area contributed by atoms with Crippen LogP contribution in [0.3, 0.4) is 0 Å². The zero-order chi connectivity index (χ0) is 17.7. The number of rotatable bonds is 1. The highest BCUT2D eigenvalue weighted by Crippen LogP contribution is 2.74. The molecule has 0 radical (unpaired) electrons. The Balaban J connectivity index is 1.66. The molecule has 6 atom stereocenters. The van der Waals surface area contributed by atoms with E-state index < -0.39 is 0 Å². The molecule has 0 unspecified atom stereocenters. The van der Waals surface area contributed by atoms with Crippen molar-refractivity contribution in [2.45, 2.75) is 55.2 Å². The summed E-state index contributed by atoms with van der Waals surface area (Å²) in [6, 6.07) is 8.94. The van der Waals surface area contributed by atoms with Gasteiger partial charge in [0.1, 0.15) is 0 Å². The lowest BCUT2D eigenvalue weighted by Crippen LogP contribution is -2.79. The van der Waals surface area contributed by atoms with Crippen molar-refractivity contribution in [2.75, 3.05) is 25.5 Å². The van der Waals surface area contributed by atoms with E-state index in [-0.39, 0.29) is 34.4 Å². The average Bonchev–Trinajstić information content (AvgIpc) is 3.21. The topological polar surface area (TPSA) is 61.8 Å². The Morgan fingerprint density at radius 3 is 2.96 bits per heavy atom. The van der Waals surface area contributed by atoms with Gasteiger partial charge in [-0.05, 0) is 50.3 Å². The number of fused-ring (bicyclic) bond motifs is 3. The maximum Gasteiger partial charge on any atom is 0.311 e. The van der Waals surface area contributed by atoms with Crippen LogP contribution in [0, 0.1) is 11.3 Å². The number of nitrogens with zero attached hydrogens (tertiary/aromatic N) is 1. The Kier molecular flexibility index (Phi) is 2.75. The van der Waals surface area contributed by atoms with Gasteiger partial charge in [-0.15, -0.1) is 0 Å². The molecule has 6 aliphatic rings. The number of esters is 1. The van der Waals surface area contributed by atoms with E-state index in [1.807, 2.05) is 0 Å². The van der Waals surface area contributed by atoms with E-state index in [2.05, 4.69) is 34.5 Å². The molecule has 3 aliphatic heterocycles. The van der Waals surface area contributed by atoms with Crippen LogP contribution < -0.4 is 5.32 Å². The molecular weight excluding hydrogens is 328 g/mol. The Labute approximate surface area is 153 Å². The SMILES string of the molecule is COC(=O)[C@@H]1C[C@]23CC[C@@]14Nc1ccccc1[C@]41CCN(CC[C@@H]2O)[C@H]31. The summed E-state index contributed by atoms with van der Waals surface area (Å²) in [6.07, 6.45) is 4.22. The maximum absolute atomic E-state index is 12.9. The van der Waals surface area contributed by atoms with Crippen molar-refractivity contribution in [1.82, 2.24) is 4.90 Å². The summed E-state index contributed by atoms with van der Waals surface area (Å²) in [5.74, 6) is -0.309. The zero-order valence-corrected chi connectivity index (χ0v) is 15.2. The van der Waals surface area contributed by atoms with Gasteiger partial charge in [-0.2, -0.15) is 0 Å². The first-order valence-corrected chi connectivity index (χ1v) is 9.97. The van der Waals surface area contributed by atoms with Crippen LogP contribution >= 0.6 is 0 Å². The van der Waals surface area contributed by atoms with E-state index in [4.69, 9.17) is 4.74 Å². The lowest BCUT2D eigenvalue weighted by molar-refractivity contribution is -0.196. The highest BCUT2D eigenvalue weighted by molar-refractivity contribution is 5.80. The van der Waals surface area contributed by atoms with Gasteiger partial charge >= 0.3 is 5.97 Å².